The summed E-state index contributed by atoms with van der Waals surface area (Å²) in [6, 6.07) is 7.68. The molecule has 1 unspecified atom stereocenters. The van der Waals surface area contributed by atoms with Crippen LogP contribution in [0.5, 0.6) is 5.75 Å². The molecule has 124 valence electrons. The predicted molar refractivity (Wildman–Crippen MR) is 93.6 cm³/mol. The summed E-state index contributed by atoms with van der Waals surface area (Å²) < 4.78 is 10.8. The van der Waals surface area contributed by atoms with Gasteiger partial charge >= 0.3 is 5.97 Å². The number of carbonyl (C=O) groups is 1. The van der Waals surface area contributed by atoms with Gasteiger partial charge < -0.3 is 9.47 Å². The molecule has 0 saturated carbocycles. The van der Waals surface area contributed by atoms with Crippen LogP contribution in [0.25, 0.3) is 0 Å². The summed E-state index contributed by atoms with van der Waals surface area (Å²) in [5.74, 6) is 0.548. The van der Waals surface area contributed by atoms with Gasteiger partial charge in [-0.05, 0) is 65.7 Å². The molecule has 1 atom stereocenters. The molecule has 0 aromatic heterocycles. The van der Waals surface area contributed by atoms with Crippen LogP contribution in [0, 0.1) is 0 Å². The Bertz CT molecular complexity index is 510. The van der Waals surface area contributed by atoms with Crippen LogP contribution in [-0.2, 0) is 15.1 Å². The lowest BCUT2D eigenvalue weighted by Crippen LogP contribution is -2.36. The second-order valence-electron chi connectivity index (χ2n) is 7.19. The maximum absolute atomic E-state index is 12.2. The van der Waals surface area contributed by atoms with Gasteiger partial charge in [0.15, 0.2) is 0 Å². The molecule has 0 aliphatic rings. The van der Waals surface area contributed by atoms with E-state index in [0.717, 1.165) is 11.3 Å². The summed E-state index contributed by atoms with van der Waals surface area (Å²) in [4.78, 5) is 12.2. The fraction of sp³-hybridized carbons (Fsp3) is 0.611. The number of esters is 1. The van der Waals surface area contributed by atoms with Crippen molar-refractivity contribution < 1.29 is 14.3 Å². The van der Waals surface area contributed by atoms with Gasteiger partial charge in [-0.25, -0.2) is 0 Å². The SMILES string of the molecule is CCC(C)(Br)C(=O)OC(C)(C)c1ccc(OC(C)(C)C)cc1. The van der Waals surface area contributed by atoms with Crippen molar-refractivity contribution in [2.75, 3.05) is 0 Å². The standard InChI is InChI=1S/C18H27BrO3/c1-8-18(7,19)15(20)22-17(5,6)13-9-11-14(12-10-13)21-16(2,3)4/h9-12H,8H2,1-7H3. The van der Waals surface area contributed by atoms with Gasteiger partial charge in [-0.1, -0.05) is 35.0 Å². The van der Waals surface area contributed by atoms with Crippen LogP contribution in [0.15, 0.2) is 24.3 Å². The van der Waals surface area contributed by atoms with Crippen LogP contribution in [0.2, 0.25) is 0 Å². The third-order valence-corrected chi connectivity index (χ3v) is 4.30. The molecule has 0 fully saturated rings. The summed E-state index contributed by atoms with van der Waals surface area (Å²) in [5.41, 5.74) is 0.00532. The molecular formula is C18H27BrO3. The van der Waals surface area contributed by atoms with Crippen LogP contribution >= 0.6 is 15.9 Å². The highest BCUT2D eigenvalue weighted by molar-refractivity contribution is 9.10. The molecule has 0 spiro atoms. The van der Waals surface area contributed by atoms with Crippen LogP contribution in [0.3, 0.4) is 0 Å². The molecule has 0 bridgehead atoms. The fourth-order valence-corrected chi connectivity index (χ4v) is 1.90. The van der Waals surface area contributed by atoms with E-state index in [1.54, 1.807) is 0 Å². The van der Waals surface area contributed by atoms with E-state index in [4.69, 9.17) is 9.47 Å². The molecule has 1 aromatic rings. The number of hydrogen-bond acceptors (Lipinski definition) is 3. The van der Waals surface area contributed by atoms with Crippen molar-refractivity contribution in [3.63, 3.8) is 0 Å². The molecule has 3 nitrogen and oxygen atoms in total. The number of benzene rings is 1. The van der Waals surface area contributed by atoms with E-state index in [0.29, 0.717) is 6.42 Å². The van der Waals surface area contributed by atoms with Gasteiger partial charge in [0.2, 0.25) is 0 Å². The summed E-state index contributed by atoms with van der Waals surface area (Å²) in [6.07, 6.45) is 0.667. The molecule has 0 radical (unpaired) electrons. The van der Waals surface area contributed by atoms with E-state index in [9.17, 15) is 4.79 Å². The van der Waals surface area contributed by atoms with Gasteiger partial charge in [0.05, 0.1) is 0 Å². The highest BCUT2D eigenvalue weighted by atomic mass is 79.9. The molecule has 0 amide bonds. The maximum atomic E-state index is 12.2. The molecule has 0 aliphatic heterocycles. The molecule has 0 saturated heterocycles. The molecule has 4 heteroatoms. The topological polar surface area (TPSA) is 35.5 Å². The Kier molecular flexibility index (Phi) is 5.71. The number of halogens is 1. The average molecular weight is 371 g/mol. The zero-order valence-corrected chi connectivity index (χ0v) is 16.2. The minimum atomic E-state index is -0.693. The minimum Gasteiger partial charge on any atom is -0.488 e. The zero-order chi connectivity index (χ0) is 17.2. The van der Waals surface area contributed by atoms with Crippen LogP contribution in [0.1, 0.15) is 60.5 Å². The van der Waals surface area contributed by atoms with E-state index < -0.39 is 9.93 Å². The van der Waals surface area contributed by atoms with E-state index >= 15 is 0 Å². The van der Waals surface area contributed by atoms with Crippen LogP contribution in [-0.4, -0.2) is 15.9 Å². The zero-order valence-electron chi connectivity index (χ0n) is 14.6. The largest absolute Gasteiger partial charge is 0.488 e. The van der Waals surface area contributed by atoms with E-state index in [1.807, 2.05) is 72.7 Å². The van der Waals surface area contributed by atoms with Gasteiger partial charge in [0.25, 0.3) is 0 Å². The monoisotopic (exact) mass is 370 g/mol. The Morgan fingerprint density at radius 1 is 1.05 bits per heavy atom. The van der Waals surface area contributed by atoms with Gasteiger partial charge in [0, 0.05) is 0 Å². The minimum absolute atomic E-state index is 0.234. The first-order chi connectivity index (χ1) is 9.87. The highest BCUT2D eigenvalue weighted by Gasteiger charge is 2.35. The number of rotatable bonds is 5. The third kappa shape index (κ3) is 5.31. The lowest BCUT2D eigenvalue weighted by molar-refractivity contribution is -0.159. The Labute approximate surface area is 142 Å². The van der Waals surface area contributed by atoms with E-state index in [-0.39, 0.29) is 11.6 Å². The van der Waals surface area contributed by atoms with Gasteiger partial charge in [-0.3, -0.25) is 4.79 Å². The lowest BCUT2D eigenvalue weighted by Gasteiger charge is -2.30. The second kappa shape index (κ2) is 6.61. The molecule has 1 aromatic carbocycles. The van der Waals surface area contributed by atoms with E-state index in [2.05, 4.69) is 15.9 Å². The summed E-state index contributed by atoms with van der Waals surface area (Å²) in [7, 11) is 0. The van der Waals surface area contributed by atoms with Crippen molar-refractivity contribution in [1.29, 1.82) is 0 Å². The first-order valence-corrected chi connectivity index (χ1v) is 8.38. The molecule has 0 aliphatic carbocycles. The first kappa shape index (κ1) is 19.0. The Hall–Kier alpha value is -1.03. The van der Waals surface area contributed by atoms with Crippen LogP contribution in [0.4, 0.5) is 0 Å². The smallest absolute Gasteiger partial charge is 0.323 e. The summed E-state index contributed by atoms with van der Waals surface area (Å²) in [5, 5.41) is 0. The lowest BCUT2D eigenvalue weighted by atomic mass is 9.97. The van der Waals surface area contributed by atoms with Gasteiger partial charge in [0.1, 0.15) is 21.3 Å². The number of alkyl halides is 1. The normalized spacial score (nSPS) is 15.1. The molecule has 1 rings (SSSR count). The number of carbonyl (C=O) groups excluding carboxylic acids is 1. The molecular weight excluding hydrogens is 344 g/mol. The fourth-order valence-electron chi connectivity index (χ4n) is 1.82. The summed E-state index contributed by atoms with van der Waals surface area (Å²) >= 11 is 3.42. The van der Waals surface area contributed by atoms with Crippen molar-refractivity contribution in [1.82, 2.24) is 0 Å². The van der Waals surface area contributed by atoms with Crippen molar-refractivity contribution in [2.45, 2.75) is 70.4 Å². The van der Waals surface area contributed by atoms with Crippen molar-refractivity contribution in [3.8, 4) is 5.75 Å². The Morgan fingerprint density at radius 3 is 1.95 bits per heavy atom. The van der Waals surface area contributed by atoms with Crippen molar-refractivity contribution in [3.05, 3.63) is 29.8 Å². The quantitative estimate of drug-likeness (QED) is 0.527. The van der Waals surface area contributed by atoms with Crippen LogP contribution < -0.4 is 4.74 Å². The van der Waals surface area contributed by atoms with E-state index in [1.165, 1.54) is 0 Å². The first-order valence-electron chi connectivity index (χ1n) is 7.59. The number of hydrogen-bond donors (Lipinski definition) is 0. The molecule has 22 heavy (non-hydrogen) atoms. The Morgan fingerprint density at radius 2 is 1.55 bits per heavy atom. The average Bonchev–Trinajstić information content (AvgIpc) is 2.36. The van der Waals surface area contributed by atoms with Gasteiger partial charge in [-0.2, -0.15) is 0 Å². The molecule has 0 heterocycles. The Balaban J connectivity index is 2.88. The van der Waals surface area contributed by atoms with Gasteiger partial charge in [-0.15, -0.1) is 0 Å². The predicted octanol–water partition coefficient (Wildman–Crippen LogP) is 5.21. The van der Waals surface area contributed by atoms with Crippen molar-refractivity contribution in [2.24, 2.45) is 0 Å². The second-order valence-corrected chi connectivity index (χ2v) is 8.94. The third-order valence-electron chi connectivity index (χ3n) is 3.41. The van der Waals surface area contributed by atoms with Crippen molar-refractivity contribution >= 4 is 21.9 Å². The highest BCUT2D eigenvalue weighted by Crippen LogP contribution is 2.32. The number of ether oxygens (including phenoxy) is 2. The summed E-state index contributed by atoms with van der Waals surface area (Å²) in [6.45, 7) is 13.6. The molecule has 0 N–H and O–H groups in total. The maximum Gasteiger partial charge on any atom is 0.323 e.